The van der Waals surface area contributed by atoms with Gasteiger partial charge in [-0.15, -0.1) is 11.3 Å². The minimum atomic E-state index is -0.0255. The van der Waals surface area contributed by atoms with Crippen LogP contribution < -0.4 is 5.32 Å². The molecule has 1 aromatic carbocycles. The fraction of sp³-hybridized carbons (Fsp3) is 0.455. The van der Waals surface area contributed by atoms with Crippen LogP contribution in [-0.4, -0.2) is 22.0 Å². The first-order valence-electron chi connectivity index (χ1n) is 9.84. The maximum Gasteiger partial charge on any atom is 0.251 e. The second kappa shape index (κ2) is 8.70. The van der Waals surface area contributed by atoms with Crippen LogP contribution in [0.1, 0.15) is 67.6 Å². The van der Waals surface area contributed by atoms with Gasteiger partial charge in [-0.3, -0.25) is 4.79 Å². The van der Waals surface area contributed by atoms with Gasteiger partial charge in [-0.25, -0.2) is 4.98 Å². The standard InChI is InChI=1S/C22H29N3OS/c1-5-17(6-2)25-20-10-9-16(22(26)23-14-15(3)4)12-19(20)24-21(25)13-18-8-7-11-27-18/h7-12,15,17H,5-6,13-14H2,1-4H3,(H,23,26). The molecule has 144 valence electrons. The van der Waals surface area contributed by atoms with Crippen molar-refractivity contribution < 1.29 is 4.79 Å². The van der Waals surface area contributed by atoms with Crippen LogP contribution in [-0.2, 0) is 6.42 Å². The smallest absolute Gasteiger partial charge is 0.251 e. The Labute approximate surface area is 165 Å². The van der Waals surface area contributed by atoms with Gasteiger partial charge in [0.1, 0.15) is 5.82 Å². The number of amides is 1. The summed E-state index contributed by atoms with van der Waals surface area (Å²) < 4.78 is 2.38. The average Bonchev–Trinajstić information content (AvgIpc) is 3.29. The third kappa shape index (κ3) is 4.41. The molecule has 3 aromatic rings. The summed E-state index contributed by atoms with van der Waals surface area (Å²) in [7, 11) is 0. The van der Waals surface area contributed by atoms with E-state index in [2.05, 4.69) is 61.2 Å². The van der Waals surface area contributed by atoms with Gasteiger partial charge in [-0.2, -0.15) is 0 Å². The summed E-state index contributed by atoms with van der Waals surface area (Å²) in [6.45, 7) is 9.32. The second-order valence-corrected chi connectivity index (χ2v) is 8.46. The lowest BCUT2D eigenvalue weighted by molar-refractivity contribution is 0.0949. The third-order valence-corrected chi connectivity index (χ3v) is 5.79. The van der Waals surface area contributed by atoms with Crippen molar-refractivity contribution in [3.8, 4) is 0 Å². The highest BCUT2D eigenvalue weighted by Gasteiger charge is 2.18. The zero-order chi connectivity index (χ0) is 19.4. The zero-order valence-electron chi connectivity index (χ0n) is 16.7. The maximum atomic E-state index is 12.4. The molecule has 2 aromatic heterocycles. The molecule has 0 aliphatic rings. The Bertz CT molecular complexity index is 892. The van der Waals surface area contributed by atoms with Gasteiger partial charge in [0, 0.05) is 29.4 Å². The van der Waals surface area contributed by atoms with Crippen molar-refractivity contribution in [1.29, 1.82) is 0 Å². The molecule has 0 saturated heterocycles. The van der Waals surface area contributed by atoms with Gasteiger partial charge in [-0.1, -0.05) is 33.8 Å². The molecule has 0 spiro atoms. The number of rotatable bonds is 8. The molecule has 0 aliphatic heterocycles. The van der Waals surface area contributed by atoms with Crippen molar-refractivity contribution in [2.75, 3.05) is 6.54 Å². The van der Waals surface area contributed by atoms with Crippen molar-refractivity contribution in [1.82, 2.24) is 14.9 Å². The molecular weight excluding hydrogens is 354 g/mol. The Hall–Kier alpha value is -2.14. The summed E-state index contributed by atoms with van der Waals surface area (Å²) in [6, 6.07) is 10.6. The summed E-state index contributed by atoms with van der Waals surface area (Å²) in [5.74, 6) is 1.49. The van der Waals surface area contributed by atoms with E-state index in [4.69, 9.17) is 4.98 Å². The summed E-state index contributed by atoms with van der Waals surface area (Å²) >= 11 is 1.76. The molecule has 0 bridgehead atoms. The molecule has 2 heterocycles. The van der Waals surface area contributed by atoms with Crippen molar-refractivity contribution >= 4 is 28.3 Å². The van der Waals surface area contributed by atoms with E-state index in [-0.39, 0.29) is 5.91 Å². The predicted octanol–water partition coefficient (Wildman–Crippen LogP) is 5.44. The highest BCUT2D eigenvalue weighted by Crippen LogP contribution is 2.28. The molecule has 1 N–H and O–H groups in total. The Balaban J connectivity index is 2.00. The summed E-state index contributed by atoms with van der Waals surface area (Å²) in [6.07, 6.45) is 2.96. The fourth-order valence-electron chi connectivity index (χ4n) is 3.44. The first kappa shape index (κ1) is 19.6. The minimum Gasteiger partial charge on any atom is -0.352 e. The van der Waals surface area contributed by atoms with E-state index in [0.29, 0.717) is 24.1 Å². The number of thiophene rings is 1. The topological polar surface area (TPSA) is 46.9 Å². The van der Waals surface area contributed by atoms with E-state index >= 15 is 0 Å². The lowest BCUT2D eigenvalue weighted by Crippen LogP contribution is -2.27. The number of nitrogens with one attached hydrogen (secondary N) is 1. The molecule has 0 aliphatic carbocycles. The molecule has 0 fully saturated rings. The summed E-state index contributed by atoms with van der Waals surface area (Å²) in [5, 5.41) is 5.10. The predicted molar refractivity (Wildman–Crippen MR) is 114 cm³/mol. The molecule has 3 rings (SSSR count). The molecule has 1 amide bonds. The number of benzene rings is 1. The molecule has 0 unspecified atom stereocenters. The lowest BCUT2D eigenvalue weighted by atomic mass is 10.1. The van der Waals surface area contributed by atoms with E-state index in [0.717, 1.165) is 36.1 Å². The molecule has 5 heteroatoms. The van der Waals surface area contributed by atoms with Crippen molar-refractivity contribution in [2.24, 2.45) is 5.92 Å². The average molecular weight is 384 g/mol. The van der Waals surface area contributed by atoms with Gasteiger partial charge in [0.2, 0.25) is 0 Å². The Morgan fingerprint density at radius 3 is 2.63 bits per heavy atom. The van der Waals surface area contributed by atoms with Gasteiger partial charge >= 0.3 is 0 Å². The van der Waals surface area contributed by atoms with Crippen molar-refractivity contribution in [2.45, 2.75) is 53.0 Å². The highest BCUT2D eigenvalue weighted by molar-refractivity contribution is 7.09. The van der Waals surface area contributed by atoms with Crippen molar-refractivity contribution in [3.63, 3.8) is 0 Å². The molecule has 0 atom stereocenters. The van der Waals surface area contributed by atoms with Crippen LogP contribution in [0, 0.1) is 5.92 Å². The van der Waals surface area contributed by atoms with Crippen LogP contribution >= 0.6 is 11.3 Å². The first-order valence-corrected chi connectivity index (χ1v) is 10.7. The van der Waals surface area contributed by atoms with Gasteiger partial charge in [0.05, 0.1) is 11.0 Å². The first-order chi connectivity index (χ1) is 13.0. The summed E-state index contributed by atoms with van der Waals surface area (Å²) in [5.41, 5.74) is 2.71. The van der Waals surface area contributed by atoms with Crippen LogP contribution in [0.3, 0.4) is 0 Å². The van der Waals surface area contributed by atoms with E-state index in [1.54, 1.807) is 11.3 Å². The lowest BCUT2D eigenvalue weighted by Gasteiger charge is -2.19. The SMILES string of the molecule is CCC(CC)n1c(Cc2cccs2)nc2cc(C(=O)NCC(C)C)ccc21. The van der Waals surface area contributed by atoms with Gasteiger partial charge < -0.3 is 9.88 Å². The monoisotopic (exact) mass is 383 g/mol. The number of aromatic nitrogens is 2. The molecule has 27 heavy (non-hydrogen) atoms. The molecule has 4 nitrogen and oxygen atoms in total. The number of hydrogen-bond donors (Lipinski definition) is 1. The largest absolute Gasteiger partial charge is 0.352 e. The number of imidazole rings is 1. The van der Waals surface area contributed by atoms with Crippen molar-refractivity contribution in [3.05, 3.63) is 52.0 Å². The molecule has 0 radical (unpaired) electrons. The van der Waals surface area contributed by atoms with Gasteiger partial charge in [0.25, 0.3) is 5.91 Å². The number of nitrogens with zero attached hydrogens (tertiary/aromatic N) is 2. The fourth-order valence-corrected chi connectivity index (χ4v) is 4.15. The minimum absolute atomic E-state index is 0.0255. The Kier molecular flexibility index (Phi) is 6.32. The zero-order valence-corrected chi connectivity index (χ0v) is 17.5. The van der Waals surface area contributed by atoms with E-state index < -0.39 is 0 Å². The third-order valence-electron chi connectivity index (χ3n) is 4.92. The number of carbonyl (C=O) groups excluding carboxylic acids is 1. The van der Waals surface area contributed by atoms with Gasteiger partial charge in [-0.05, 0) is 48.4 Å². The Morgan fingerprint density at radius 2 is 2.00 bits per heavy atom. The van der Waals surface area contributed by atoms with E-state index in [1.165, 1.54) is 4.88 Å². The normalized spacial score (nSPS) is 11.6. The molecule has 0 saturated carbocycles. The van der Waals surface area contributed by atoms with E-state index in [1.807, 2.05) is 12.1 Å². The maximum absolute atomic E-state index is 12.4. The summed E-state index contributed by atoms with van der Waals surface area (Å²) in [4.78, 5) is 18.7. The van der Waals surface area contributed by atoms with E-state index in [9.17, 15) is 4.79 Å². The van der Waals surface area contributed by atoms with Crippen LogP contribution in [0.15, 0.2) is 35.7 Å². The Morgan fingerprint density at radius 1 is 1.22 bits per heavy atom. The van der Waals surface area contributed by atoms with Crippen LogP contribution in [0.5, 0.6) is 0 Å². The number of fused-ring (bicyclic) bond motifs is 1. The van der Waals surface area contributed by atoms with Crippen LogP contribution in [0.4, 0.5) is 0 Å². The number of carbonyl (C=O) groups is 1. The van der Waals surface area contributed by atoms with Crippen LogP contribution in [0.2, 0.25) is 0 Å². The van der Waals surface area contributed by atoms with Crippen LogP contribution in [0.25, 0.3) is 11.0 Å². The quantitative estimate of drug-likeness (QED) is 0.563. The second-order valence-electron chi connectivity index (χ2n) is 7.43. The highest BCUT2D eigenvalue weighted by atomic mass is 32.1. The molecular formula is C22H29N3OS. The number of hydrogen-bond acceptors (Lipinski definition) is 3. The van der Waals surface area contributed by atoms with Gasteiger partial charge in [0.15, 0.2) is 0 Å².